The van der Waals surface area contributed by atoms with Crippen LogP contribution in [0.1, 0.15) is 11.1 Å². The van der Waals surface area contributed by atoms with Gasteiger partial charge >= 0.3 is 0 Å². The third-order valence-electron chi connectivity index (χ3n) is 2.35. The molecule has 94 valence electrons. The Morgan fingerprint density at radius 3 is 2.28 bits per heavy atom. The van der Waals surface area contributed by atoms with Crippen molar-refractivity contribution >= 4 is 35.0 Å². The van der Waals surface area contributed by atoms with E-state index in [2.05, 4.69) is 20.2 Å². The number of aromatic nitrogens is 4. The molecule has 0 radical (unpaired) electrons. The van der Waals surface area contributed by atoms with Gasteiger partial charge in [-0.3, -0.25) is 0 Å². The molecule has 4 N–H and O–H groups in total. The van der Waals surface area contributed by atoms with Crippen LogP contribution in [0.5, 0.6) is 0 Å². The Labute approximate surface area is 113 Å². The molecule has 2 rings (SSSR count). The van der Waals surface area contributed by atoms with Gasteiger partial charge in [-0.1, -0.05) is 11.6 Å². The van der Waals surface area contributed by atoms with Gasteiger partial charge in [-0.15, -0.1) is 10.2 Å². The summed E-state index contributed by atoms with van der Waals surface area (Å²) < 4.78 is 0. The van der Waals surface area contributed by atoms with Crippen LogP contribution in [0.15, 0.2) is 16.2 Å². The molecule has 0 unspecified atom stereocenters. The Balaban J connectivity index is 2.37. The van der Waals surface area contributed by atoms with Gasteiger partial charge in [0.2, 0.25) is 0 Å². The fourth-order valence-corrected chi connectivity index (χ4v) is 2.29. The first-order valence-corrected chi connectivity index (χ1v) is 6.24. The molecule has 6 nitrogen and oxygen atoms in total. The maximum absolute atomic E-state index is 5.89. The van der Waals surface area contributed by atoms with Crippen molar-refractivity contribution in [1.82, 2.24) is 20.2 Å². The third-order valence-corrected chi connectivity index (χ3v) is 3.66. The van der Waals surface area contributed by atoms with Crippen LogP contribution in [0.2, 0.25) is 5.15 Å². The summed E-state index contributed by atoms with van der Waals surface area (Å²) in [6.45, 7) is 3.79. The molecule has 0 spiro atoms. The highest BCUT2D eigenvalue weighted by atomic mass is 35.5. The second-order valence-corrected chi connectivity index (χ2v) is 4.96. The first-order valence-electron chi connectivity index (χ1n) is 5.04. The molecular formula is C10H11ClN6S. The van der Waals surface area contributed by atoms with E-state index in [0.29, 0.717) is 27.0 Å². The van der Waals surface area contributed by atoms with E-state index in [0.717, 1.165) is 11.1 Å². The summed E-state index contributed by atoms with van der Waals surface area (Å²) in [5.41, 5.74) is 13.0. The van der Waals surface area contributed by atoms with Gasteiger partial charge in [0.15, 0.2) is 10.3 Å². The summed E-state index contributed by atoms with van der Waals surface area (Å²) >= 11 is 7.14. The Hall–Kier alpha value is -1.60. The third kappa shape index (κ3) is 2.62. The van der Waals surface area contributed by atoms with Crippen molar-refractivity contribution in [2.45, 2.75) is 24.0 Å². The SMILES string of the molecule is Cc1c(Cl)nnc(Sc2nc(N)cc(N)n2)c1C. The Morgan fingerprint density at radius 1 is 1.06 bits per heavy atom. The molecule has 0 fully saturated rings. The van der Waals surface area contributed by atoms with Gasteiger partial charge in [0.25, 0.3) is 0 Å². The van der Waals surface area contributed by atoms with Crippen molar-refractivity contribution in [3.63, 3.8) is 0 Å². The average Bonchev–Trinajstić information content (AvgIpc) is 2.29. The van der Waals surface area contributed by atoms with E-state index in [4.69, 9.17) is 23.1 Å². The standard InChI is InChI=1S/C10H11ClN6S/c1-4-5(2)9(17-16-8(4)11)18-10-14-6(12)3-7(13)15-10/h3H,1-2H3,(H4,12,13,14,15). The molecular weight excluding hydrogens is 272 g/mol. The highest BCUT2D eigenvalue weighted by molar-refractivity contribution is 7.99. The topological polar surface area (TPSA) is 104 Å². The van der Waals surface area contributed by atoms with Crippen LogP contribution in [0.4, 0.5) is 11.6 Å². The minimum atomic E-state index is 0.321. The zero-order valence-corrected chi connectivity index (χ0v) is 11.4. The molecule has 0 aliphatic carbocycles. The summed E-state index contributed by atoms with van der Waals surface area (Å²) in [5, 5.41) is 9.38. The first kappa shape index (κ1) is 12.8. The smallest absolute Gasteiger partial charge is 0.197 e. The van der Waals surface area contributed by atoms with Gasteiger partial charge in [0.05, 0.1) is 0 Å². The monoisotopic (exact) mass is 282 g/mol. The van der Waals surface area contributed by atoms with Gasteiger partial charge in [-0.2, -0.15) is 0 Å². The van der Waals surface area contributed by atoms with Crippen LogP contribution in [-0.2, 0) is 0 Å². The van der Waals surface area contributed by atoms with E-state index in [1.54, 1.807) is 0 Å². The number of hydrogen-bond donors (Lipinski definition) is 2. The molecule has 0 aliphatic rings. The molecule has 0 aliphatic heterocycles. The first-order chi connectivity index (χ1) is 8.47. The normalized spacial score (nSPS) is 10.6. The number of halogens is 1. The van der Waals surface area contributed by atoms with Gasteiger partial charge in [-0.25, -0.2) is 9.97 Å². The van der Waals surface area contributed by atoms with Crippen LogP contribution in [0, 0.1) is 13.8 Å². The van der Waals surface area contributed by atoms with E-state index in [9.17, 15) is 0 Å². The molecule has 2 aromatic heterocycles. The zero-order valence-electron chi connectivity index (χ0n) is 9.81. The summed E-state index contributed by atoms with van der Waals surface area (Å²) in [5.74, 6) is 0.641. The summed E-state index contributed by atoms with van der Waals surface area (Å²) in [6, 6.07) is 1.50. The highest BCUT2D eigenvalue weighted by Gasteiger charge is 2.11. The van der Waals surface area contributed by atoms with E-state index in [1.165, 1.54) is 17.8 Å². The minimum Gasteiger partial charge on any atom is -0.383 e. The maximum Gasteiger partial charge on any atom is 0.197 e. The fourth-order valence-electron chi connectivity index (χ4n) is 1.25. The molecule has 18 heavy (non-hydrogen) atoms. The zero-order chi connectivity index (χ0) is 13.3. The molecule has 0 bridgehead atoms. The Morgan fingerprint density at radius 2 is 1.67 bits per heavy atom. The molecule has 0 saturated carbocycles. The lowest BCUT2D eigenvalue weighted by molar-refractivity contribution is 0.882. The summed E-state index contributed by atoms with van der Waals surface area (Å²) in [7, 11) is 0. The molecule has 2 aromatic rings. The molecule has 0 atom stereocenters. The number of anilines is 2. The lowest BCUT2D eigenvalue weighted by Gasteiger charge is -2.07. The van der Waals surface area contributed by atoms with Crippen LogP contribution in [0.3, 0.4) is 0 Å². The Bertz CT molecular complexity index is 583. The number of hydrogen-bond acceptors (Lipinski definition) is 7. The minimum absolute atomic E-state index is 0.321. The van der Waals surface area contributed by atoms with Crippen molar-refractivity contribution < 1.29 is 0 Å². The molecule has 0 amide bonds. The van der Waals surface area contributed by atoms with Crippen molar-refractivity contribution in [3.8, 4) is 0 Å². The predicted molar refractivity (Wildman–Crippen MR) is 71.5 cm³/mol. The van der Waals surface area contributed by atoms with Crippen LogP contribution < -0.4 is 11.5 Å². The molecule has 0 saturated heterocycles. The quantitative estimate of drug-likeness (QED) is 0.810. The lowest BCUT2D eigenvalue weighted by Crippen LogP contribution is -2.01. The number of rotatable bonds is 2. The van der Waals surface area contributed by atoms with E-state index >= 15 is 0 Å². The van der Waals surface area contributed by atoms with E-state index in [1.807, 2.05) is 13.8 Å². The van der Waals surface area contributed by atoms with Crippen molar-refractivity contribution in [3.05, 3.63) is 22.3 Å². The lowest BCUT2D eigenvalue weighted by atomic mass is 10.2. The van der Waals surface area contributed by atoms with Crippen molar-refractivity contribution in [2.24, 2.45) is 0 Å². The van der Waals surface area contributed by atoms with Gasteiger partial charge in [0.1, 0.15) is 16.7 Å². The fraction of sp³-hybridized carbons (Fsp3) is 0.200. The maximum atomic E-state index is 5.89. The number of nitrogen functional groups attached to an aromatic ring is 2. The predicted octanol–water partition coefficient (Wildman–Crippen LogP) is 1.85. The second kappa shape index (κ2) is 4.95. The number of nitrogens with zero attached hydrogens (tertiary/aromatic N) is 4. The van der Waals surface area contributed by atoms with E-state index in [-0.39, 0.29) is 0 Å². The highest BCUT2D eigenvalue weighted by Crippen LogP contribution is 2.29. The van der Waals surface area contributed by atoms with Gasteiger partial charge in [0, 0.05) is 6.07 Å². The molecule has 0 aromatic carbocycles. The van der Waals surface area contributed by atoms with Crippen LogP contribution >= 0.6 is 23.4 Å². The van der Waals surface area contributed by atoms with Crippen LogP contribution in [-0.4, -0.2) is 20.2 Å². The van der Waals surface area contributed by atoms with Crippen molar-refractivity contribution in [1.29, 1.82) is 0 Å². The average molecular weight is 283 g/mol. The summed E-state index contributed by atoms with van der Waals surface area (Å²) in [4.78, 5) is 8.14. The van der Waals surface area contributed by atoms with E-state index < -0.39 is 0 Å². The summed E-state index contributed by atoms with van der Waals surface area (Å²) in [6.07, 6.45) is 0. The van der Waals surface area contributed by atoms with Crippen molar-refractivity contribution in [2.75, 3.05) is 11.5 Å². The largest absolute Gasteiger partial charge is 0.383 e. The molecule has 2 heterocycles. The van der Waals surface area contributed by atoms with Gasteiger partial charge in [-0.05, 0) is 36.7 Å². The number of nitrogens with two attached hydrogens (primary N) is 2. The second-order valence-electron chi connectivity index (χ2n) is 3.65. The van der Waals surface area contributed by atoms with Gasteiger partial charge < -0.3 is 11.5 Å². The van der Waals surface area contributed by atoms with Crippen LogP contribution in [0.25, 0.3) is 0 Å². The Kier molecular flexibility index (Phi) is 3.53. The molecule has 8 heteroatoms.